The van der Waals surface area contributed by atoms with Crippen LogP contribution in [0.25, 0.3) is 0 Å². The number of carboxylic acid groups (broad SMARTS) is 1. The van der Waals surface area contributed by atoms with Gasteiger partial charge in [0.2, 0.25) is 0 Å². The Balaban J connectivity index is 3.16. The van der Waals surface area contributed by atoms with Gasteiger partial charge >= 0.3 is 5.97 Å². The van der Waals surface area contributed by atoms with Gasteiger partial charge in [0.15, 0.2) is 0 Å². The van der Waals surface area contributed by atoms with Gasteiger partial charge in [0.05, 0.1) is 0 Å². The summed E-state index contributed by atoms with van der Waals surface area (Å²) in [5.41, 5.74) is 0. The molecule has 0 saturated heterocycles. The molecule has 1 unspecified atom stereocenters. The van der Waals surface area contributed by atoms with E-state index in [0.717, 1.165) is 18.8 Å². The molecule has 0 heterocycles. The van der Waals surface area contributed by atoms with Crippen molar-refractivity contribution >= 4 is 5.97 Å². The Morgan fingerprint density at radius 1 is 0.696 bits per heavy atom. The van der Waals surface area contributed by atoms with Crippen LogP contribution in [0.4, 0.5) is 0 Å². The summed E-state index contributed by atoms with van der Waals surface area (Å²) in [6.07, 6.45) is 21.6. The second-order valence-corrected chi connectivity index (χ2v) is 7.42. The smallest absolute Gasteiger partial charge is 0.303 e. The molecule has 0 amide bonds. The van der Waals surface area contributed by atoms with E-state index in [4.69, 9.17) is 5.11 Å². The van der Waals surface area contributed by atoms with Gasteiger partial charge in [-0.1, -0.05) is 110 Å². The molecule has 1 N–H and O–H groups in total. The van der Waals surface area contributed by atoms with E-state index in [9.17, 15) is 4.79 Å². The van der Waals surface area contributed by atoms with E-state index in [2.05, 4.69) is 13.8 Å². The summed E-state index contributed by atoms with van der Waals surface area (Å²) in [6.45, 7) is 4.69. The molecule has 138 valence electrons. The van der Waals surface area contributed by atoms with Crippen LogP contribution in [-0.2, 0) is 4.79 Å². The third-order valence-corrected chi connectivity index (χ3v) is 4.89. The van der Waals surface area contributed by atoms with Crippen LogP contribution >= 0.6 is 0 Å². The predicted octanol–water partition coefficient (Wildman–Crippen LogP) is 7.36. The van der Waals surface area contributed by atoms with E-state index in [1.165, 1.54) is 89.9 Å². The molecule has 0 aliphatic carbocycles. The maximum Gasteiger partial charge on any atom is 0.303 e. The highest BCUT2D eigenvalue weighted by Crippen LogP contribution is 2.18. The number of rotatable bonds is 18. The lowest BCUT2D eigenvalue weighted by Crippen LogP contribution is -1.95. The van der Waals surface area contributed by atoms with Crippen LogP contribution in [0.1, 0.15) is 123 Å². The molecule has 0 aromatic heterocycles. The van der Waals surface area contributed by atoms with Crippen molar-refractivity contribution in [2.75, 3.05) is 0 Å². The van der Waals surface area contributed by atoms with Crippen molar-refractivity contribution < 1.29 is 9.90 Å². The van der Waals surface area contributed by atoms with E-state index in [1.54, 1.807) is 0 Å². The minimum Gasteiger partial charge on any atom is -0.481 e. The molecule has 0 radical (unpaired) electrons. The van der Waals surface area contributed by atoms with Crippen LogP contribution in [0.2, 0.25) is 0 Å². The Morgan fingerprint density at radius 3 is 1.52 bits per heavy atom. The van der Waals surface area contributed by atoms with Gasteiger partial charge in [0.1, 0.15) is 0 Å². The van der Waals surface area contributed by atoms with Crippen molar-refractivity contribution in [1.82, 2.24) is 0 Å². The molecule has 0 aliphatic rings. The third kappa shape index (κ3) is 19.4. The number of aliphatic carboxylic acids is 1. The first-order chi connectivity index (χ1) is 11.2. The van der Waals surface area contributed by atoms with Gasteiger partial charge in [-0.3, -0.25) is 4.79 Å². The Hall–Kier alpha value is -0.530. The van der Waals surface area contributed by atoms with Crippen molar-refractivity contribution in [2.45, 2.75) is 123 Å². The van der Waals surface area contributed by atoms with Gasteiger partial charge in [0.25, 0.3) is 0 Å². The largest absolute Gasteiger partial charge is 0.481 e. The zero-order chi connectivity index (χ0) is 17.2. The second-order valence-electron chi connectivity index (χ2n) is 7.42. The zero-order valence-electron chi connectivity index (χ0n) is 16.0. The van der Waals surface area contributed by atoms with Crippen LogP contribution in [0, 0.1) is 5.92 Å². The SMILES string of the molecule is CCCCCCCCCCC(C)CCCCCCCCC(=O)O. The number of hydrogen-bond acceptors (Lipinski definition) is 1. The Morgan fingerprint density at radius 2 is 1.09 bits per heavy atom. The van der Waals surface area contributed by atoms with Crippen molar-refractivity contribution in [2.24, 2.45) is 5.92 Å². The van der Waals surface area contributed by atoms with Gasteiger partial charge in [-0.05, 0) is 12.3 Å². The van der Waals surface area contributed by atoms with E-state index in [-0.39, 0.29) is 0 Å². The highest BCUT2D eigenvalue weighted by atomic mass is 16.4. The fourth-order valence-corrected chi connectivity index (χ4v) is 3.25. The van der Waals surface area contributed by atoms with Gasteiger partial charge in [-0.25, -0.2) is 0 Å². The van der Waals surface area contributed by atoms with Gasteiger partial charge in [0, 0.05) is 6.42 Å². The molecule has 2 heteroatoms. The number of carboxylic acids is 1. The summed E-state index contributed by atoms with van der Waals surface area (Å²) in [4.78, 5) is 10.4. The molecular weight excluding hydrogens is 284 g/mol. The van der Waals surface area contributed by atoms with Crippen LogP contribution in [-0.4, -0.2) is 11.1 Å². The van der Waals surface area contributed by atoms with Gasteiger partial charge < -0.3 is 5.11 Å². The van der Waals surface area contributed by atoms with E-state index in [0.29, 0.717) is 6.42 Å². The van der Waals surface area contributed by atoms with Crippen molar-refractivity contribution in [3.8, 4) is 0 Å². The molecule has 23 heavy (non-hydrogen) atoms. The minimum absolute atomic E-state index is 0.343. The van der Waals surface area contributed by atoms with Crippen molar-refractivity contribution in [1.29, 1.82) is 0 Å². The predicted molar refractivity (Wildman–Crippen MR) is 101 cm³/mol. The summed E-state index contributed by atoms with van der Waals surface area (Å²) in [7, 11) is 0. The average molecular weight is 327 g/mol. The fraction of sp³-hybridized carbons (Fsp3) is 0.952. The number of hydrogen-bond donors (Lipinski definition) is 1. The third-order valence-electron chi connectivity index (χ3n) is 4.89. The lowest BCUT2D eigenvalue weighted by Gasteiger charge is -2.11. The quantitative estimate of drug-likeness (QED) is 0.267. The number of carbonyl (C=O) groups is 1. The summed E-state index contributed by atoms with van der Waals surface area (Å²) in [5, 5.41) is 8.57. The summed E-state index contributed by atoms with van der Waals surface area (Å²) in [6, 6.07) is 0. The number of unbranched alkanes of at least 4 members (excludes halogenated alkanes) is 12. The van der Waals surface area contributed by atoms with Gasteiger partial charge in [-0.2, -0.15) is 0 Å². The molecule has 0 aromatic carbocycles. The molecule has 0 saturated carbocycles. The van der Waals surface area contributed by atoms with Crippen molar-refractivity contribution in [3.05, 3.63) is 0 Å². The van der Waals surface area contributed by atoms with Crippen LogP contribution in [0.3, 0.4) is 0 Å². The second kappa shape index (κ2) is 17.8. The maximum absolute atomic E-state index is 10.4. The lowest BCUT2D eigenvalue weighted by molar-refractivity contribution is -0.137. The Kier molecular flexibility index (Phi) is 17.4. The van der Waals surface area contributed by atoms with Crippen LogP contribution in [0.15, 0.2) is 0 Å². The van der Waals surface area contributed by atoms with E-state index < -0.39 is 5.97 Å². The highest BCUT2D eigenvalue weighted by molar-refractivity contribution is 5.66. The standard InChI is InChI=1S/C21H42O2/c1-3-4-5-6-7-8-11-14-17-20(2)18-15-12-9-10-13-16-19-21(22)23/h20H,3-19H2,1-2H3,(H,22,23). The highest BCUT2D eigenvalue weighted by Gasteiger charge is 2.02. The molecule has 2 nitrogen and oxygen atoms in total. The molecule has 0 spiro atoms. The normalized spacial score (nSPS) is 12.4. The summed E-state index contributed by atoms with van der Waals surface area (Å²) >= 11 is 0. The fourth-order valence-electron chi connectivity index (χ4n) is 3.25. The van der Waals surface area contributed by atoms with E-state index >= 15 is 0 Å². The lowest BCUT2D eigenvalue weighted by atomic mass is 9.96. The van der Waals surface area contributed by atoms with Gasteiger partial charge in [-0.15, -0.1) is 0 Å². The average Bonchev–Trinajstić information content (AvgIpc) is 2.52. The molecule has 0 aliphatic heterocycles. The molecule has 0 rings (SSSR count). The Labute approximate surface area is 145 Å². The molecule has 0 fully saturated rings. The first-order valence-corrected chi connectivity index (χ1v) is 10.4. The molecule has 0 bridgehead atoms. The summed E-state index contributed by atoms with van der Waals surface area (Å²) < 4.78 is 0. The van der Waals surface area contributed by atoms with E-state index in [1.807, 2.05) is 0 Å². The maximum atomic E-state index is 10.4. The summed E-state index contributed by atoms with van der Waals surface area (Å²) in [5.74, 6) is 0.238. The molecule has 0 aromatic rings. The first-order valence-electron chi connectivity index (χ1n) is 10.4. The zero-order valence-corrected chi connectivity index (χ0v) is 16.0. The topological polar surface area (TPSA) is 37.3 Å². The first kappa shape index (κ1) is 22.5. The van der Waals surface area contributed by atoms with Crippen LogP contribution in [0.5, 0.6) is 0 Å². The Bertz CT molecular complexity index is 250. The molecular formula is C21H42O2. The van der Waals surface area contributed by atoms with Crippen molar-refractivity contribution in [3.63, 3.8) is 0 Å². The van der Waals surface area contributed by atoms with Crippen LogP contribution < -0.4 is 0 Å². The minimum atomic E-state index is -0.653. The monoisotopic (exact) mass is 326 g/mol. The molecule has 1 atom stereocenters.